The van der Waals surface area contributed by atoms with Crippen molar-refractivity contribution >= 4 is 45.4 Å². The molecule has 0 spiro atoms. The van der Waals surface area contributed by atoms with Gasteiger partial charge in [0.1, 0.15) is 37.5 Å². The average molecular weight is 1010 g/mol. The fourth-order valence-electron chi connectivity index (χ4n) is 9.24. The van der Waals surface area contributed by atoms with Gasteiger partial charge in [0.25, 0.3) is 0 Å². The molecule has 0 fully saturated rings. The van der Waals surface area contributed by atoms with Gasteiger partial charge in [0.2, 0.25) is 0 Å². The lowest BCUT2D eigenvalue weighted by atomic mass is 9.92. The molecule has 0 radical (unpaired) electrons. The zero-order chi connectivity index (χ0) is 48.3. The van der Waals surface area contributed by atoms with Crippen molar-refractivity contribution < 1.29 is 37.9 Å². The van der Waals surface area contributed by atoms with Crippen LogP contribution in [0.15, 0.2) is 22.9 Å². The molecule has 0 saturated carbocycles. The normalized spacial score (nSPS) is 15.2. The van der Waals surface area contributed by atoms with E-state index < -0.39 is 10.8 Å². The third-order valence-corrected chi connectivity index (χ3v) is 16.1. The molecule has 6 rings (SSSR count). The number of aromatic nitrogens is 2. The second-order valence-corrected chi connectivity index (χ2v) is 22.4. The van der Waals surface area contributed by atoms with Gasteiger partial charge in [-0.25, -0.2) is 0 Å². The van der Waals surface area contributed by atoms with Gasteiger partial charge in [-0.1, -0.05) is 168 Å². The highest BCUT2D eigenvalue weighted by Gasteiger charge is 2.40. The Balaban J connectivity index is 1.12. The van der Waals surface area contributed by atoms with Crippen molar-refractivity contribution in [3.05, 3.63) is 22.9 Å². The predicted octanol–water partition coefficient (Wildman–Crippen LogP) is 16.2. The molecule has 0 unspecified atom stereocenters. The lowest BCUT2D eigenvalue weighted by Crippen LogP contribution is -2.42. The van der Waals surface area contributed by atoms with Gasteiger partial charge in [0.15, 0.2) is 23.0 Å². The monoisotopic (exact) mass is 1010 g/mol. The first-order valence-corrected chi connectivity index (χ1v) is 29.9. The summed E-state index contributed by atoms with van der Waals surface area (Å²) in [4.78, 5) is 1.98. The Morgan fingerprint density at radius 3 is 1.06 bits per heavy atom. The molecular weight excluding hydrogens is 925 g/mol. The van der Waals surface area contributed by atoms with Crippen molar-refractivity contribution in [1.82, 2.24) is 8.75 Å². The van der Waals surface area contributed by atoms with Crippen molar-refractivity contribution in [3.63, 3.8) is 0 Å². The maximum absolute atomic E-state index is 6.82. The minimum atomic E-state index is -0.420. The van der Waals surface area contributed by atoms with Gasteiger partial charge in [-0.05, 0) is 25.7 Å². The highest BCUT2D eigenvalue weighted by atomic mass is 32.1. The number of fused-ring (bicyclic) bond motifs is 3. The molecule has 5 heterocycles. The first kappa shape index (κ1) is 55.8. The molecule has 0 atom stereocenters. The van der Waals surface area contributed by atoms with Crippen LogP contribution < -0.4 is 18.9 Å². The summed E-state index contributed by atoms with van der Waals surface area (Å²) in [6.45, 7) is 16.0. The van der Waals surface area contributed by atoms with Gasteiger partial charge in [-0.15, -0.1) is 22.7 Å². The van der Waals surface area contributed by atoms with Gasteiger partial charge in [-0.3, -0.25) is 0 Å². The average Bonchev–Trinajstić information content (AvgIpc) is 4.08. The number of unbranched alkanes of at least 4 members (excludes halogenated alkanes) is 20. The number of thiophene rings is 2. The zero-order valence-corrected chi connectivity index (χ0v) is 45.6. The van der Waals surface area contributed by atoms with Crippen LogP contribution in [0, 0.1) is 10.8 Å². The van der Waals surface area contributed by atoms with E-state index in [1.807, 2.05) is 0 Å². The highest BCUT2D eigenvalue weighted by molar-refractivity contribution is 7.15. The Bertz CT molecular complexity index is 1800. The first-order valence-electron chi connectivity index (χ1n) is 27.4. The van der Waals surface area contributed by atoms with E-state index in [1.165, 1.54) is 140 Å². The van der Waals surface area contributed by atoms with E-state index in [9.17, 15) is 0 Å². The summed E-state index contributed by atoms with van der Waals surface area (Å²) in [6.07, 6.45) is 29.6. The highest BCUT2D eigenvalue weighted by Crippen LogP contribution is 2.52. The van der Waals surface area contributed by atoms with Crippen LogP contribution in [0.1, 0.15) is 182 Å². The van der Waals surface area contributed by atoms with Crippen LogP contribution in [0.25, 0.3) is 31.9 Å². The van der Waals surface area contributed by atoms with Gasteiger partial charge in [0, 0.05) is 48.3 Å². The lowest BCUT2D eigenvalue weighted by Gasteiger charge is -2.30. The van der Waals surface area contributed by atoms with E-state index in [2.05, 4.69) is 50.6 Å². The summed E-state index contributed by atoms with van der Waals surface area (Å²) in [5.74, 6) is 3.03. The van der Waals surface area contributed by atoms with Crippen LogP contribution in [-0.4, -0.2) is 88.0 Å². The summed E-state index contributed by atoms with van der Waals surface area (Å²) in [5, 5.41) is 4.14. The molecule has 10 nitrogen and oxygen atoms in total. The smallest absolute Gasteiger partial charge is 0.179 e. The number of ether oxygens (including phenoxy) is 8. The van der Waals surface area contributed by atoms with Crippen molar-refractivity contribution in [1.29, 1.82) is 0 Å². The lowest BCUT2D eigenvalue weighted by molar-refractivity contribution is -0.0606. The molecule has 4 aromatic rings. The van der Waals surface area contributed by atoms with Crippen LogP contribution in [0.5, 0.6) is 23.0 Å². The van der Waals surface area contributed by atoms with E-state index in [4.69, 9.17) is 46.6 Å². The number of hydrogen-bond donors (Lipinski definition) is 0. The second kappa shape index (κ2) is 31.8. The summed E-state index contributed by atoms with van der Waals surface area (Å²) in [7, 11) is 0. The fourth-order valence-corrected chi connectivity index (χ4v) is 11.7. The molecule has 69 heavy (non-hydrogen) atoms. The Labute approximate surface area is 428 Å². The Kier molecular flexibility index (Phi) is 25.7. The van der Waals surface area contributed by atoms with E-state index in [0.717, 1.165) is 107 Å². The minimum Gasteiger partial charge on any atom is -0.488 e. The number of nitrogens with zero attached hydrogens (tertiary/aromatic N) is 2. The van der Waals surface area contributed by atoms with Crippen LogP contribution >= 0.6 is 34.4 Å². The predicted molar refractivity (Wildman–Crippen MR) is 288 cm³/mol. The maximum Gasteiger partial charge on any atom is 0.179 e. The number of hydrogen-bond acceptors (Lipinski definition) is 13. The van der Waals surface area contributed by atoms with Crippen molar-refractivity contribution in [2.45, 2.75) is 182 Å². The molecule has 13 heteroatoms. The molecule has 0 bridgehead atoms. The van der Waals surface area contributed by atoms with Gasteiger partial charge in [0.05, 0.1) is 58.7 Å². The molecule has 3 aromatic heterocycles. The zero-order valence-electron chi connectivity index (χ0n) is 43.2. The third-order valence-electron chi connectivity index (χ3n) is 13.6. The third kappa shape index (κ3) is 17.6. The summed E-state index contributed by atoms with van der Waals surface area (Å²) in [5.41, 5.74) is 2.79. The molecule has 0 amide bonds. The fraction of sp³-hybridized carbons (Fsp3) is 0.750. The Morgan fingerprint density at radius 2 is 0.725 bits per heavy atom. The summed E-state index contributed by atoms with van der Waals surface area (Å²) >= 11 is 4.48. The maximum atomic E-state index is 6.82. The Hall–Kier alpha value is -2.52. The van der Waals surface area contributed by atoms with E-state index >= 15 is 0 Å². The molecular formula is C56H88N2O8S3. The molecule has 388 valence electrons. The number of benzene rings is 1. The van der Waals surface area contributed by atoms with Crippen molar-refractivity contribution in [3.8, 4) is 43.9 Å². The number of rotatable bonds is 38. The topological polar surface area (TPSA) is 99.6 Å². The minimum absolute atomic E-state index is 0.420. The summed E-state index contributed by atoms with van der Waals surface area (Å²) < 4.78 is 62.3. The van der Waals surface area contributed by atoms with E-state index in [1.54, 1.807) is 22.7 Å². The first-order chi connectivity index (χ1) is 34.1. The van der Waals surface area contributed by atoms with E-state index in [0.29, 0.717) is 52.9 Å². The van der Waals surface area contributed by atoms with E-state index in [-0.39, 0.29) is 0 Å². The van der Waals surface area contributed by atoms with Crippen LogP contribution in [-0.2, 0) is 18.9 Å². The van der Waals surface area contributed by atoms with Gasteiger partial charge < -0.3 is 37.9 Å². The van der Waals surface area contributed by atoms with Crippen LogP contribution in [0.4, 0.5) is 0 Å². The van der Waals surface area contributed by atoms with Gasteiger partial charge >= 0.3 is 0 Å². The molecule has 0 aliphatic carbocycles. The largest absolute Gasteiger partial charge is 0.488 e. The van der Waals surface area contributed by atoms with Crippen LogP contribution in [0.3, 0.4) is 0 Å². The quantitative estimate of drug-likeness (QED) is 0.0404. The van der Waals surface area contributed by atoms with Crippen molar-refractivity contribution in [2.75, 3.05) is 79.3 Å². The van der Waals surface area contributed by atoms with Crippen LogP contribution in [0.2, 0.25) is 0 Å². The van der Waals surface area contributed by atoms with Gasteiger partial charge in [-0.2, -0.15) is 8.75 Å². The molecule has 1 aromatic carbocycles. The summed E-state index contributed by atoms with van der Waals surface area (Å²) in [6, 6.07) is 4.31. The molecule has 0 N–H and O–H groups in total. The SMILES string of the molecule is CCCCCCCCOCC1(COCCCCCCCC)COc2csc(-c3ccc(-c4scc5c4OCC(COCCCCCCCC)(COCCCCCCCC)CO5)c4nsnc34)c2OC1. The Morgan fingerprint density at radius 1 is 0.420 bits per heavy atom. The standard InChI is InChI=1S/C56H88N2O8S3/c1-5-9-13-17-21-25-31-59-37-55(38-60-32-26-22-18-14-10-6-2)41-63-47-35-67-53(51(47)65-43-55)45-29-30-46(50-49(45)57-69-58-50)54-52-48(36-68-54)64-42-56(44-66-52,39-61-33-27-23-19-15-11-7-3)40-62-34-28-24-20-16-12-8-4/h29-30,35-36H,5-28,31-34,37-44H2,1-4H3. The molecule has 2 aliphatic heterocycles. The second-order valence-electron chi connectivity index (χ2n) is 20.1. The molecule has 0 saturated heterocycles. The molecule has 2 aliphatic rings. The van der Waals surface area contributed by atoms with Crippen molar-refractivity contribution in [2.24, 2.45) is 10.8 Å².